The highest BCUT2D eigenvalue weighted by atomic mass is 16.6. The Bertz CT molecular complexity index is 580. The molecule has 0 aliphatic heterocycles. The van der Waals surface area contributed by atoms with Gasteiger partial charge in [0.15, 0.2) is 0 Å². The van der Waals surface area contributed by atoms with E-state index in [0.29, 0.717) is 11.6 Å². The van der Waals surface area contributed by atoms with Gasteiger partial charge < -0.3 is 4.74 Å². The van der Waals surface area contributed by atoms with E-state index in [2.05, 4.69) is 11.9 Å². The molecule has 126 valence electrons. The highest BCUT2D eigenvalue weighted by molar-refractivity contribution is 5.72. The molecule has 1 aromatic carbocycles. The number of carbonyl (C=O) groups is 1. The minimum Gasteiger partial charge on any atom is -0.469 e. The molecule has 0 atom stereocenters. The number of ether oxygens (including phenoxy) is 1. The number of carbonyl (C=O) groups excluding carboxylic acids is 1. The van der Waals surface area contributed by atoms with Gasteiger partial charge in [-0.15, -0.1) is 0 Å². The number of nitro groups is 1. The number of benzene rings is 1. The predicted molar refractivity (Wildman–Crippen MR) is 87.1 cm³/mol. The number of nitro benzene ring substituents is 1. The molecule has 0 spiro atoms. The Morgan fingerprint density at radius 1 is 1.35 bits per heavy atom. The van der Waals surface area contributed by atoms with Crippen LogP contribution in [0.3, 0.4) is 0 Å². The van der Waals surface area contributed by atoms with Crippen LogP contribution in [0.2, 0.25) is 0 Å². The van der Waals surface area contributed by atoms with Gasteiger partial charge >= 0.3 is 5.97 Å². The van der Waals surface area contributed by atoms with Crippen LogP contribution in [0.1, 0.15) is 36.8 Å². The molecule has 1 saturated carbocycles. The quantitative estimate of drug-likeness (QED) is 0.473. The number of nitrogens with zero attached hydrogens (tertiary/aromatic N) is 2. The van der Waals surface area contributed by atoms with Gasteiger partial charge in [-0.2, -0.15) is 0 Å². The first-order chi connectivity index (χ1) is 10.9. The molecule has 0 N–H and O–H groups in total. The van der Waals surface area contributed by atoms with Crippen molar-refractivity contribution in [3.63, 3.8) is 0 Å². The van der Waals surface area contributed by atoms with Crippen LogP contribution in [-0.2, 0) is 16.1 Å². The molecule has 0 bridgehead atoms. The van der Waals surface area contributed by atoms with Gasteiger partial charge in [-0.1, -0.05) is 6.07 Å². The Morgan fingerprint density at radius 2 is 2.00 bits per heavy atom. The van der Waals surface area contributed by atoms with Crippen LogP contribution < -0.4 is 0 Å². The van der Waals surface area contributed by atoms with Crippen LogP contribution >= 0.6 is 0 Å². The third-order valence-corrected chi connectivity index (χ3v) is 4.74. The zero-order valence-corrected chi connectivity index (χ0v) is 13.9. The minimum atomic E-state index is -0.350. The largest absolute Gasteiger partial charge is 0.469 e. The van der Waals surface area contributed by atoms with Gasteiger partial charge in [0, 0.05) is 24.2 Å². The molecule has 6 heteroatoms. The summed E-state index contributed by atoms with van der Waals surface area (Å²) in [6, 6.07) is 5.72. The number of hydrogen-bond acceptors (Lipinski definition) is 5. The second-order valence-electron chi connectivity index (χ2n) is 6.32. The molecule has 1 aliphatic rings. The molecule has 0 saturated heterocycles. The topological polar surface area (TPSA) is 72.7 Å². The summed E-state index contributed by atoms with van der Waals surface area (Å²) >= 11 is 0. The summed E-state index contributed by atoms with van der Waals surface area (Å²) in [4.78, 5) is 24.4. The molecule has 0 unspecified atom stereocenters. The normalized spacial score (nSPS) is 21.2. The molecule has 0 heterocycles. The van der Waals surface area contributed by atoms with Gasteiger partial charge in [0.2, 0.25) is 0 Å². The number of rotatable bonds is 5. The lowest BCUT2D eigenvalue weighted by Gasteiger charge is -2.33. The predicted octanol–water partition coefficient (Wildman–Crippen LogP) is 3.07. The Labute approximate surface area is 136 Å². The lowest BCUT2D eigenvalue weighted by Crippen LogP contribution is -2.36. The SMILES string of the molecule is COC(=O)[C@H]1CC[C@H](N(C)Cc2ccc([N+](=O)[O-])c(C)c2)CC1. The molecular formula is C17H24N2O4. The van der Waals surface area contributed by atoms with Crippen molar-refractivity contribution in [3.8, 4) is 0 Å². The average Bonchev–Trinajstić information content (AvgIpc) is 2.54. The fourth-order valence-corrected chi connectivity index (χ4v) is 3.36. The van der Waals surface area contributed by atoms with Crippen LogP contribution in [0.15, 0.2) is 18.2 Å². The number of aryl methyl sites for hydroxylation is 1. The Hall–Kier alpha value is -1.95. The van der Waals surface area contributed by atoms with Crippen molar-refractivity contribution in [1.29, 1.82) is 0 Å². The van der Waals surface area contributed by atoms with Gasteiger partial charge in [0.1, 0.15) is 0 Å². The first kappa shape index (κ1) is 17.4. The van der Waals surface area contributed by atoms with Crippen LogP contribution in [0.5, 0.6) is 0 Å². The third kappa shape index (κ3) is 4.28. The maximum absolute atomic E-state index is 11.6. The van der Waals surface area contributed by atoms with E-state index in [1.807, 2.05) is 12.1 Å². The monoisotopic (exact) mass is 320 g/mol. The van der Waals surface area contributed by atoms with Gasteiger partial charge in [-0.25, -0.2) is 0 Å². The summed E-state index contributed by atoms with van der Waals surface area (Å²) in [7, 11) is 3.51. The van der Waals surface area contributed by atoms with Crippen molar-refractivity contribution >= 4 is 11.7 Å². The fraction of sp³-hybridized carbons (Fsp3) is 0.588. The number of hydrogen-bond donors (Lipinski definition) is 0. The first-order valence-corrected chi connectivity index (χ1v) is 7.94. The smallest absolute Gasteiger partial charge is 0.308 e. The molecule has 1 aromatic rings. The van der Waals surface area contributed by atoms with E-state index in [-0.39, 0.29) is 22.5 Å². The maximum atomic E-state index is 11.6. The summed E-state index contributed by atoms with van der Waals surface area (Å²) in [5.41, 5.74) is 1.93. The maximum Gasteiger partial charge on any atom is 0.308 e. The van der Waals surface area contributed by atoms with E-state index in [0.717, 1.165) is 37.8 Å². The second-order valence-corrected chi connectivity index (χ2v) is 6.32. The van der Waals surface area contributed by atoms with E-state index in [1.165, 1.54) is 7.11 Å². The van der Waals surface area contributed by atoms with E-state index >= 15 is 0 Å². The van der Waals surface area contributed by atoms with Gasteiger partial charge in [-0.05, 0) is 51.3 Å². The van der Waals surface area contributed by atoms with Crippen molar-refractivity contribution in [2.75, 3.05) is 14.2 Å². The Kier molecular flexibility index (Phi) is 5.71. The molecule has 1 aliphatic carbocycles. The lowest BCUT2D eigenvalue weighted by molar-refractivity contribution is -0.385. The van der Waals surface area contributed by atoms with Crippen molar-refractivity contribution in [1.82, 2.24) is 4.90 Å². The molecule has 0 amide bonds. The Morgan fingerprint density at radius 3 is 2.52 bits per heavy atom. The molecule has 1 fully saturated rings. The van der Waals surface area contributed by atoms with E-state index in [9.17, 15) is 14.9 Å². The van der Waals surface area contributed by atoms with Crippen LogP contribution in [-0.4, -0.2) is 36.0 Å². The Balaban J connectivity index is 1.93. The molecule has 2 rings (SSSR count). The first-order valence-electron chi connectivity index (χ1n) is 7.94. The van der Waals surface area contributed by atoms with Gasteiger partial charge in [0.05, 0.1) is 18.0 Å². The van der Waals surface area contributed by atoms with Crippen molar-refractivity contribution in [3.05, 3.63) is 39.4 Å². The zero-order valence-electron chi connectivity index (χ0n) is 13.9. The second kappa shape index (κ2) is 7.55. The van der Waals surface area contributed by atoms with Crippen molar-refractivity contribution in [2.45, 2.75) is 45.2 Å². The fourth-order valence-electron chi connectivity index (χ4n) is 3.36. The highest BCUT2D eigenvalue weighted by Crippen LogP contribution is 2.29. The van der Waals surface area contributed by atoms with Crippen molar-refractivity contribution in [2.24, 2.45) is 5.92 Å². The van der Waals surface area contributed by atoms with Crippen LogP contribution in [0.25, 0.3) is 0 Å². The zero-order chi connectivity index (χ0) is 17.0. The van der Waals surface area contributed by atoms with Gasteiger partial charge in [0.25, 0.3) is 5.69 Å². The van der Waals surface area contributed by atoms with E-state index in [4.69, 9.17) is 4.74 Å². The molecular weight excluding hydrogens is 296 g/mol. The van der Waals surface area contributed by atoms with E-state index < -0.39 is 0 Å². The number of esters is 1. The summed E-state index contributed by atoms with van der Waals surface area (Å²) in [6.07, 6.45) is 3.67. The minimum absolute atomic E-state index is 0.0336. The van der Waals surface area contributed by atoms with Crippen LogP contribution in [0, 0.1) is 23.0 Å². The summed E-state index contributed by atoms with van der Waals surface area (Å²) < 4.78 is 4.82. The summed E-state index contributed by atoms with van der Waals surface area (Å²) in [5, 5.41) is 10.9. The lowest BCUT2D eigenvalue weighted by atomic mass is 9.85. The molecule has 23 heavy (non-hydrogen) atoms. The molecule has 0 radical (unpaired) electrons. The number of methoxy groups -OCH3 is 1. The van der Waals surface area contributed by atoms with Crippen molar-refractivity contribution < 1.29 is 14.5 Å². The standard InChI is InChI=1S/C17H24N2O4/c1-12-10-13(4-9-16(12)19(21)22)11-18(2)15-7-5-14(6-8-15)17(20)23-3/h4,9-10,14-15H,5-8,11H2,1-3H3/t14-,15-. The highest BCUT2D eigenvalue weighted by Gasteiger charge is 2.28. The van der Waals surface area contributed by atoms with Crippen LogP contribution in [0.4, 0.5) is 5.69 Å². The summed E-state index contributed by atoms with van der Waals surface area (Å²) in [5.74, 6) is -0.0663. The third-order valence-electron chi connectivity index (χ3n) is 4.74. The summed E-state index contributed by atoms with van der Waals surface area (Å²) in [6.45, 7) is 2.52. The molecule has 0 aromatic heterocycles. The average molecular weight is 320 g/mol. The van der Waals surface area contributed by atoms with E-state index in [1.54, 1.807) is 13.0 Å². The van der Waals surface area contributed by atoms with Gasteiger partial charge in [-0.3, -0.25) is 19.8 Å². The molecule has 6 nitrogen and oxygen atoms in total.